The predicted molar refractivity (Wildman–Crippen MR) is 138 cm³/mol. The molecule has 3 nitrogen and oxygen atoms in total. The molecule has 0 saturated carbocycles. The lowest BCUT2D eigenvalue weighted by atomic mass is 9.99. The first-order valence-corrected chi connectivity index (χ1v) is 11.3. The molecule has 7 rings (SSSR count). The number of para-hydroxylation sites is 3. The molecule has 0 bridgehead atoms. The molecule has 0 atom stereocenters. The Balaban J connectivity index is 1.57. The van der Waals surface area contributed by atoms with Crippen molar-refractivity contribution in [3.05, 3.63) is 115 Å². The van der Waals surface area contributed by atoms with E-state index in [-0.39, 0.29) is 0 Å². The number of nitrogens with zero attached hydrogens (tertiary/aromatic N) is 2. The predicted octanol–water partition coefficient (Wildman–Crippen LogP) is 8.22. The zero-order valence-corrected chi connectivity index (χ0v) is 18.2. The first-order chi connectivity index (χ1) is 16.8. The summed E-state index contributed by atoms with van der Waals surface area (Å²) in [6.45, 7) is 0. The highest BCUT2D eigenvalue weighted by Gasteiger charge is 2.17. The van der Waals surface area contributed by atoms with Gasteiger partial charge in [0.05, 0.1) is 28.4 Å². The van der Waals surface area contributed by atoms with Gasteiger partial charge in [-0.25, -0.2) is 0 Å². The minimum atomic E-state index is 0.636. The summed E-state index contributed by atoms with van der Waals surface area (Å²) in [6, 6.07) is 39.6. The van der Waals surface area contributed by atoms with E-state index in [9.17, 15) is 5.26 Å². The van der Waals surface area contributed by atoms with Gasteiger partial charge >= 0.3 is 0 Å². The molecule has 0 radical (unpaired) electrons. The zero-order valence-electron chi connectivity index (χ0n) is 18.2. The molecule has 0 N–H and O–H groups in total. The van der Waals surface area contributed by atoms with E-state index < -0.39 is 0 Å². The van der Waals surface area contributed by atoms with Crippen molar-refractivity contribution in [2.75, 3.05) is 0 Å². The fourth-order valence-corrected chi connectivity index (χ4v) is 5.11. The molecule has 158 valence electrons. The van der Waals surface area contributed by atoms with Crippen LogP contribution in [0.4, 0.5) is 0 Å². The molecule has 5 aromatic carbocycles. The Morgan fingerprint density at radius 1 is 0.588 bits per heavy atom. The van der Waals surface area contributed by atoms with Gasteiger partial charge < -0.3 is 8.98 Å². The Hall–Kier alpha value is -4.81. The Bertz CT molecular complexity index is 1880. The van der Waals surface area contributed by atoms with Crippen molar-refractivity contribution < 1.29 is 4.42 Å². The van der Waals surface area contributed by atoms with Crippen LogP contribution < -0.4 is 0 Å². The van der Waals surface area contributed by atoms with Crippen LogP contribution in [0.1, 0.15) is 5.56 Å². The number of rotatable bonds is 2. The van der Waals surface area contributed by atoms with Gasteiger partial charge in [-0.1, -0.05) is 60.7 Å². The van der Waals surface area contributed by atoms with E-state index in [4.69, 9.17) is 4.42 Å². The summed E-state index contributed by atoms with van der Waals surface area (Å²) in [5.41, 5.74) is 7.77. The van der Waals surface area contributed by atoms with E-state index in [1.54, 1.807) is 0 Å². The summed E-state index contributed by atoms with van der Waals surface area (Å²) in [5.74, 6) is 0. The molecule has 0 spiro atoms. The van der Waals surface area contributed by atoms with E-state index in [2.05, 4.69) is 83.4 Å². The van der Waals surface area contributed by atoms with Crippen LogP contribution in [-0.4, -0.2) is 4.57 Å². The van der Waals surface area contributed by atoms with Crippen molar-refractivity contribution in [1.82, 2.24) is 4.57 Å². The van der Waals surface area contributed by atoms with Crippen molar-refractivity contribution in [2.45, 2.75) is 0 Å². The second-order valence-corrected chi connectivity index (χ2v) is 8.52. The molecule has 34 heavy (non-hydrogen) atoms. The van der Waals surface area contributed by atoms with Crippen molar-refractivity contribution >= 4 is 43.7 Å². The summed E-state index contributed by atoms with van der Waals surface area (Å²) in [4.78, 5) is 0. The molecule has 0 aliphatic rings. The molecule has 0 amide bonds. The van der Waals surface area contributed by atoms with E-state index in [1.165, 1.54) is 10.8 Å². The minimum absolute atomic E-state index is 0.636. The number of furan rings is 1. The molecular formula is C31H18N2O. The third kappa shape index (κ3) is 2.63. The van der Waals surface area contributed by atoms with Crippen LogP contribution in [0, 0.1) is 11.3 Å². The molecule has 0 saturated heterocycles. The van der Waals surface area contributed by atoms with Crippen LogP contribution in [0.25, 0.3) is 60.6 Å². The molecule has 0 aliphatic carbocycles. The van der Waals surface area contributed by atoms with Gasteiger partial charge in [-0.2, -0.15) is 5.26 Å². The van der Waals surface area contributed by atoms with Gasteiger partial charge in [-0.05, 0) is 54.1 Å². The second-order valence-electron chi connectivity index (χ2n) is 8.52. The largest absolute Gasteiger partial charge is 0.456 e. The van der Waals surface area contributed by atoms with E-state index in [0.717, 1.165) is 49.8 Å². The third-order valence-corrected chi connectivity index (χ3v) is 6.63. The molecule has 2 aromatic heterocycles. The molecule has 0 aliphatic heterocycles. The fourth-order valence-electron chi connectivity index (χ4n) is 5.11. The van der Waals surface area contributed by atoms with E-state index in [0.29, 0.717) is 5.56 Å². The Labute approximate surface area is 195 Å². The molecule has 0 fully saturated rings. The van der Waals surface area contributed by atoms with E-state index in [1.807, 2.05) is 36.4 Å². The van der Waals surface area contributed by atoms with Crippen molar-refractivity contribution in [1.29, 1.82) is 5.26 Å². The SMILES string of the molecule is N#Cc1ccc(-n2c3ccccc3c3ccccc32)c(-c2ccc3oc4ccccc4c3c2)c1. The first-order valence-electron chi connectivity index (χ1n) is 11.3. The minimum Gasteiger partial charge on any atom is -0.456 e. The number of hydrogen-bond donors (Lipinski definition) is 0. The normalized spacial score (nSPS) is 11.5. The lowest BCUT2D eigenvalue weighted by Gasteiger charge is -2.14. The number of nitriles is 1. The van der Waals surface area contributed by atoms with Crippen LogP contribution in [0.3, 0.4) is 0 Å². The van der Waals surface area contributed by atoms with Crippen LogP contribution in [0.2, 0.25) is 0 Å². The van der Waals surface area contributed by atoms with Crippen molar-refractivity contribution in [3.63, 3.8) is 0 Å². The third-order valence-electron chi connectivity index (χ3n) is 6.63. The molecule has 7 aromatic rings. The number of hydrogen-bond acceptors (Lipinski definition) is 2. The smallest absolute Gasteiger partial charge is 0.135 e. The number of aromatic nitrogens is 1. The Morgan fingerprint density at radius 2 is 1.24 bits per heavy atom. The highest BCUT2D eigenvalue weighted by atomic mass is 16.3. The Morgan fingerprint density at radius 3 is 1.97 bits per heavy atom. The summed E-state index contributed by atoms with van der Waals surface area (Å²) in [5, 5.41) is 14.3. The molecular weight excluding hydrogens is 416 g/mol. The Kier molecular flexibility index (Phi) is 3.91. The lowest BCUT2D eigenvalue weighted by molar-refractivity contribution is 0.669. The number of benzene rings is 5. The van der Waals surface area contributed by atoms with Gasteiger partial charge in [0.1, 0.15) is 11.2 Å². The summed E-state index contributed by atoms with van der Waals surface area (Å²) < 4.78 is 8.35. The highest BCUT2D eigenvalue weighted by Crippen LogP contribution is 2.38. The van der Waals surface area contributed by atoms with Crippen LogP contribution in [0.15, 0.2) is 114 Å². The monoisotopic (exact) mass is 434 g/mol. The standard InChI is InChI=1S/C31H18N2O/c32-19-20-13-15-29(33-27-10-4-1-7-22(27)23-8-2-5-11-28(23)33)25(17-20)21-14-16-31-26(18-21)24-9-3-6-12-30(24)34-31/h1-18H. The molecule has 3 heteroatoms. The topological polar surface area (TPSA) is 41.9 Å². The maximum atomic E-state index is 9.68. The van der Waals surface area contributed by atoms with Crippen molar-refractivity contribution in [3.8, 4) is 22.9 Å². The van der Waals surface area contributed by atoms with Gasteiger partial charge in [0.15, 0.2) is 0 Å². The number of fused-ring (bicyclic) bond motifs is 6. The maximum Gasteiger partial charge on any atom is 0.135 e. The lowest BCUT2D eigenvalue weighted by Crippen LogP contribution is -1.98. The zero-order chi connectivity index (χ0) is 22.6. The van der Waals surface area contributed by atoms with Gasteiger partial charge in [-0.3, -0.25) is 0 Å². The summed E-state index contributed by atoms with van der Waals surface area (Å²) >= 11 is 0. The highest BCUT2D eigenvalue weighted by molar-refractivity contribution is 6.10. The van der Waals surface area contributed by atoms with Crippen LogP contribution in [0.5, 0.6) is 0 Å². The summed E-state index contributed by atoms with van der Waals surface area (Å²) in [6.07, 6.45) is 0. The van der Waals surface area contributed by atoms with Crippen LogP contribution in [-0.2, 0) is 0 Å². The van der Waals surface area contributed by atoms with Crippen LogP contribution >= 0.6 is 0 Å². The summed E-state index contributed by atoms with van der Waals surface area (Å²) in [7, 11) is 0. The second kappa shape index (κ2) is 7.10. The first kappa shape index (κ1) is 18.7. The van der Waals surface area contributed by atoms with E-state index >= 15 is 0 Å². The molecule has 2 heterocycles. The van der Waals surface area contributed by atoms with Gasteiger partial charge in [0.25, 0.3) is 0 Å². The average molecular weight is 434 g/mol. The molecule has 0 unspecified atom stereocenters. The average Bonchev–Trinajstić information content (AvgIpc) is 3.44. The van der Waals surface area contributed by atoms with Crippen molar-refractivity contribution in [2.24, 2.45) is 0 Å². The van der Waals surface area contributed by atoms with Gasteiger partial charge in [-0.15, -0.1) is 0 Å². The quantitative estimate of drug-likeness (QED) is 0.275. The van der Waals surface area contributed by atoms with Gasteiger partial charge in [0, 0.05) is 27.1 Å². The fraction of sp³-hybridized carbons (Fsp3) is 0. The maximum absolute atomic E-state index is 9.68. The van der Waals surface area contributed by atoms with Gasteiger partial charge in [0.2, 0.25) is 0 Å².